The van der Waals surface area contributed by atoms with E-state index in [1.807, 2.05) is 0 Å². The van der Waals surface area contributed by atoms with Gasteiger partial charge in [0.05, 0.1) is 19.3 Å². The summed E-state index contributed by atoms with van der Waals surface area (Å²) in [6, 6.07) is 0. The molecule has 1 fully saturated rings. The fraction of sp³-hybridized carbons (Fsp3) is 0.846. The van der Waals surface area contributed by atoms with E-state index in [0.717, 1.165) is 26.2 Å². The molecule has 19 heavy (non-hydrogen) atoms. The first-order valence-electron chi connectivity index (χ1n) is 6.85. The number of nitrogens with zero attached hydrogens (tertiary/aromatic N) is 4. The summed E-state index contributed by atoms with van der Waals surface area (Å²) in [5, 5.41) is 8.17. The van der Waals surface area contributed by atoms with Gasteiger partial charge in [-0.05, 0) is 14.1 Å². The molecule has 1 aromatic heterocycles. The van der Waals surface area contributed by atoms with Crippen molar-refractivity contribution in [2.75, 3.05) is 40.3 Å². The molecular formula is C13H24N4O2. The Morgan fingerprint density at radius 1 is 1.37 bits per heavy atom. The van der Waals surface area contributed by atoms with E-state index in [-0.39, 0.29) is 12.0 Å². The van der Waals surface area contributed by atoms with Crippen LogP contribution in [-0.2, 0) is 11.3 Å². The summed E-state index contributed by atoms with van der Waals surface area (Å²) < 4.78 is 11.4. The lowest BCUT2D eigenvalue weighted by atomic mass is 10.2. The quantitative estimate of drug-likeness (QED) is 0.792. The molecule has 6 heteroatoms. The lowest BCUT2D eigenvalue weighted by Crippen LogP contribution is -2.46. The van der Waals surface area contributed by atoms with Crippen molar-refractivity contribution in [1.82, 2.24) is 20.0 Å². The Morgan fingerprint density at radius 3 is 2.79 bits per heavy atom. The molecule has 2 heterocycles. The summed E-state index contributed by atoms with van der Waals surface area (Å²) in [5.74, 6) is 1.70. The minimum Gasteiger partial charge on any atom is -0.424 e. The van der Waals surface area contributed by atoms with Crippen molar-refractivity contribution in [3.8, 4) is 0 Å². The number of likely N-dealkylation sites (N-methyl/N-ethyl adjacent to an activating group) is 1. The summed E-state index contributed by atoms with van der Waals surface area (Å²) in [6.07, 6.45) is 0.260. The fourth-order valence-corrected chi connectivity index (χ4v) is 2.20. The lowest BCUT2D eigenvalue weighted by molar-refractivity contribution is -0.0427. The van der Waals surface area contributed by atoms with Crippen molar-refractivity contribution < 1.29 is 9.15 Å². The second-order valence-electron chi connectivity index (χ2n) is 5.68. The molecular weight excluding hydrogens is 244 g/mol. The van der Waals surface area contributed by atoms with Crippen molar-refractivity contribution in [1.29, 1.82) is 0 Å². The van der Waals surface area contributed by atoms with Crippen LogP contribution >= 0.6 is 0 Å². The molecule has 108 valence electrons. The maximum Gasteiger partial charge on any atom is 0.230 e. The zero-order valence-electron chi connectivity index (χ0n) is 12.3. The fourth-order valence-electron chi connectivity index (χ4n) is 2.20. The smallest absolute Gasteiger partial charge is 0.230 e. The summed E-state index contributed by atoms with van der Waals surface area (Å²) in [7, 11) is 4.13. The number of hydrogen-bond donors (Lipinski definition) is 0. The minimum absolute atomic E-state index is 0.260. The lowest BCUT2D eigenvalue weighted by Gasteiger charge is -2.33. The maximum atomic E-state index is 5.75. The van der Waals surface area contributed by atoms with Gasteiger partial charge in [0.2, 0.25) is 11.8 Å². The van der Waals surface area contributed by atoms with Crippen LogP contribution in [0.5, 0.6) is 0 Å². The van der Waals surface area contributed by atoms with Crippen LogP contribution in [0.1, 0.15) is 31.5 Å². The molecule has 1 atom stereocenters. The highest BCUT2D eigenvalue weighted by Gasteiger charge is 2.22. The Bertz CT molecular complexity index is 392. The Morgan fingerprint density at radius 2 is 2.16 bits per heavy atom. The van der Waals surface area contributed by atoms with E-state index in [0.29, 0.717) is 18.3 Å². The second kappa shape index (κ2) is 6.45. The summed E-state index contributed by atoms with van der Waals surface area (Å²) in [4.78, 5) is 4.47. The van der Waals surface area contributed by atoms with E-state index >= 15 is 0 Å². The van der Waals surface area contributed by atoms with Crippen molar-refractivity contribution in [2.24, 2.45) is 0 Å². The molecule has 0 spiro atoms. The van der Waals surface area contributed by atoms with Gasteiger partial charge < -0.3 is 14.1 Å². The topological polar surface area (TPSA) is 54.6 Å². The maximum absolute atomic E-state index is 5.75. The highest BCUT2D eigenvalue weighted by atomic mass is 16.5. The van der Waals surface area contributed by atoms with Gasteiger partial charge in [-0.1, -0.05) is 13.8 Å². The van der Waals surface area contributed by atoms with E-state index in [4.69, 9.17) is 9.15 Å². The van der Waals surface area contributed by atoms with Crippen LogP contribution in [0, 0.1) is 0 Å². The highest BCUT2D eigenvalue weighted by molar-refractivity contribution is 4.88. The van der Waals surface area contributed by atoms with Crippen LogP contribution in [0.4, 0.5) is 0 Å². The summed E-state index contributed by atoms with van der Waals surface area (Å²) in [6.45, 7) is 8.37. The van der Waals surface area contributed by atoms with E-state index in [2.05, 4.69) is 47.9 Å². The van der Waals surface area contributed by atoms with E-state index in [1.165, 1.54) is 0 Å². The minimum atomic E-state index is 0.260. The Balaban J connectivity index is 1.87. The average molecular weight is 268 g/mol. The molecule has 1 aliphatic heterocycles. The van der Waals surface area contributed by atoms with Gasteiger partial charge in [-0.25, -0.2) is 0 Å². The molecule has 0 bridgehead atoms. The normalized spacial score (nSPS) is 21.5. The van der Waals surface area contributed by atoms with Crippen molar-refractivity contribution in [3.63, 3.8) is 0 Å². The third kappa shape index (κ3) is 4.26. The van der Waals surface area contributed by atoms with Gasteiger partial charge in [0.25, 0.3) is 0 Å². The van der Waals surface area contributed by atoms with E-state index < -0.39 is 0 Å². The van der Waals surface area contributed by atoms with Crippen LogP contribution in [-0.4, -0.2) is 66.4 Å². The van der Waals surface area contributed by atoms with E-state index in [9.17, 15) is 0 Å². The highest BCUT2D eigenvalue weighted by Crippen LogP contribution is 2.14. The zero-order valence-corrected chi connectivity index (χ0v) is 12.3. The van der Waals surface area contributed by atoms with Crippen molar-refractivity contribution in [2.45, 2.75) is 32.4 Å². The zero-order chi connectivity index (χ0) is 13.8. The Kier molecular flexibility index (Phi) is 4.90. The standard InChI is InChI=1S/C13H24N4O2/c1-10(2)13-15-14-12(19-13)9-17-5-6-18-11(8-17)7-16(3)4/h10-11H,5-9H2,1-4H3/t11-/m0/s1. The molecule has 0 N–H and O–H groups in total. The largest absolute Gasteiger partial charge is 0.424 e. The van der Waals surface area contributed by atoms with Crippen LogP contribution < -0.4 is 0 Å². The predicted octanol–water partition coefficient (Wildman–Crippen LogP) is 0.955. The monoisotopic (exact) mass is 268 g/mol. The van der Waals surface area contributed by atoms with Gasteiger partial charge >= 0.3 is 0 Å². The van der Waals surface area contributed by atoms with Gasteiger partial charge in [-0.2, -0.15) is 0 Å². The molecule has 0 radical (unpaired) electrons. The molecule has 0 aromatic carbocycles. The summed E-state index contributed by atoms with van der Waals surface area (Å²) >= 11 is 0. The Labute approximate surface area is 114 Å². The molecule has 6 nitrogen and oxygen atoms in total. The molecule has 0 saturated carbocycles. The number of hydrogen-bond acceptors (Lipinski definition) is 6. The molecule has 0 amide bonds. The number of morpholine rings is 1. The molecule has 1 aromatic rings. The third-order valence-corrected chi connectivity index (χ3v) is 3.13. The second-order valence-corrected chi connectivity index (χ2v) is 5.68. The molecule has 2 rings (SSSR count). The van der Waals surface area contributed by atoms with Crippen molar-refractivity contribution >= 4 is 0 Å². The molecule has 1 aliphatic rings. The SMILES string of the molecule is CC(C)c1nnc(CN2CCO[C@@H](CN(C)C)C2)o1. The predicted molar refractivity (Wildman–Crippen MR) is 72.0 cm³/mol. The van der Waals surface area contributed by atoms with Crippen LogP contribution in [0.2, 0.25) is 0 Å². The first-order chi connectivity index (χ1) is 9.04. The molecule has 0 aliphatic carbocycles. The van der Waals surface area contributed by atoms with E-state index in [1.54, 1.807) is 0 Å². The van der Waals surface area contributed by atoms with Crippen molar-refractivity contribution in [3.05, 3.63) is 11.8 Å². The van der Waals surface area contributed by atoms with Gasteiger partial charge in [-0.15, -0.1) is 10.2 Å². The third-order valence-electron chi connectivity index (χ3n) is 3.13. The first-order valence-corrected chi connectivity index (χ1v) is 6.85. The van der Waals surface area contributed by atoms with Gasteiger partial charge in [0.1, 0.15) is 0 Å². The number of rotatable bonds is 5. The molecule has 0 unspecified atom stereocenters. The Hall–Kier alpha value is -0.980. The van der Waals surface area contributed by atoms with Crippen LogP contribution in [0.25, 0.3) is 0 Å². The number of aromatic nitrogens is 2. The average Bonchev–Trinajstić information content (AvgIpc) is 2.77. The van der Waals surface area contributed by atoms with Gasteiger partial charge in [0, 0.05) is 25.6 Å². The van der Waals surface area contributed by atoms with Gasteiger partial charge in [-0.3, -0.25) is 4.90 Å². The van der Waals surface area contributed by atoms with Crippen LogP contribution in [0.3, 0.4) is 0 Å². The van der Waals surface area contributed by atoms with Crippen LogP contribution in [0.15, 0.2) is 4.42 Å². The summed E-state index contributed by atoms with van der Waals surface area (Å²) in [5.41, 5.74) is 0. The first kappa shape index (κ1) is 14.4. The van der Waals surface area contributed by atoms with Gasteiger partial charge in [0.15, 0.2) is 0 Å². The molecule has 1 saturated heterocycles. The number of ether oxygens (including phenoxy) is 1.